The van der Waals surface area contributed by atoms with Gasteiger partial charge in [-0.1, -0.05) is 0 Å². The molecule has 4 atom stereocenters. The summed E-state index contributed by atoms with van der Waals surface area (Å²) in [5, 5.41) is 10.9. The minimum absolute atomic E-state index is 0.00104. The summed E-state index contributed by atoms with van der Waals surface area (Å²) < 4.78 is 67.9. The highest BCUT2D eigenvalue weighted by atomic mass is 19.4. The van der Waals surface area contributed by atoms with E-state index in [4.69, 9.17) is 9.47 Å². The Kier molecular flexibility index (Phi) is 6.12. The molecule has 2 aromatic rings. The van der Waals surface area contributed by atoms with Crippen LogP contribution in [0.1, 0.15) is 30.9 Å². The lowest BCUT2D eigenvalue weighted by atomic mass is 10.0. The van der Waals surface area contributed by atoms with Crippen molar-refractivity contribution in [1.29, 1.82) is 0 Å². The number of nitrogens with zero attached hydrogens (tertiary/aromatic N) is 4. The van der Waals surface area contributed by atoms with Gasteiger partial charge in [0.2, 0.25) is 5.95 Å². The van der Waals surface area contributed by atoms with Gasteiger partial charge in [-0.05, 0) is 31.4 Å². The molecule has 35 heavy (non-hydrogen) atoms. The van der Waals surface area contributed by atoms with E-state index in [-0.39, 0.29) is 42.4 Å². The molecule has 190 valence electrons. The monoisotopic (exact) mass is 498 g/mol. The molecule has 4 heterocycles. The van der Waals surface area contributed by atoms with Crippen LogP contribution < -0.4 is 20.1 Å². The summed E-state index contributed by atoms with van der Waals surface area (Å²) in [6, 6.07) is 2.81. The number of hydrogen-bond acceptors (Lipinski definition) is 7. The van der Waals surface area contributed by atoms with Gasteiger partial charge >= 0.3 is 6.18 Å². The van der Waals surface area contributed by atoms with E-state index in [0.717, 1.165) is 29.9 Å². The third-order valence-corrected chi connectivity index (χ3v) is 6.90. The standard InChI is InChI=1S/C23H26F4N4O4/c1-34-18-8-13(24)2-5-16(18)17(32)12-31-19(23(25,26)27)6-7-30-21(33)9-20(28-22(30)31)29-10-14-3-4-15(11-29)35-14/h2,5,8-9,14-15,17,19,32H,3-4,6-7,10-12H2,1H3/t14?,15?,17?,19-/m0/s1. The maximum atomic E-state index is 14.1. The fraction of sp³-hybridized carbons (Fsp3) is 0.565. The Morgan fingerprint density at radius 3 is 2.57 bits per heavy atom. The second-order valence-electron chi connectivity index (χ2n) is 9.17. The first-order valence-corrected chi connectivity index (χ1v) is 11.5. The van der Waals surface area contributed by atoms with Crippen LogP contribution in [0.2, 0.25) is 0 Å². The molecule has 1 N–H and O–H groups in total. The average Bonchev–Trinajstić information content (AvgIpc) is 3.15. The predicted octanol–water partition coefficient (Wildman–Crippen LogP) is 2.63. The summed E-state index contributed by atoms with van der Waals surface area (Å²) in [7, 11) is 1.28. The first kappa shape index (κ1) is 23.9. The molecule has 2 bridgehead atoms. The molecule has 0 aliphatic carbocycles. The molecular formula is C23H26F4N4O4. The van der Waals surface area contributed by atoms with E-state index in [1.165, 1.54) is 23.8 Å². The molecule has 8 nitrogen and oxygen atoms in total. The number of halogens is 4. The van der Waals surface area contributed by atoms with Crippen LogP contribution in [0.25, 0.3) is 0 Å². The minimum Gasteiger partial charge on any atom is -0.496 e. The van der Waals surface area contributed by atoms with E-state index in [1.807, 2.05) is 4.90 Å². The largest absolute Gasteiger partial charge is 0.496 e. The van der Waals surface area contributed by atoms with Crippen LogP contribution in [-0.4, -0.2) is 65.8 Å². The molecule has 3 unspecified atom stereocenters. The number of rotatable bonds is 5. The van der Waals surface area contributed by atoms with Gasteiger partial charge < -0.3 is 24.4 Å². The maximum absolute atomic E-state index is 14.1. The molecule has 1 aromatic heterocycles. The summed E-state index contributed by atoms with van der Waals surface area (Å²) in [4.78, 5) is 20.2. The summed E-state index contributed by atoms with van der Waals surface area (Å²) in [5.74, 6) is -0.448. The zero-order chi connectivity index (χ0) is 24.9. The van der Waals surface area contributed by atoms with Gasteiger partial charge in [0.25, 0.3) is 5.56 Å². The molecule has 2 fully saturated rings. The topological polar surface area (TPSA) is 80.1 Å². The van der Waals surface area contributed by atoms with Gasteiger partial charge in [-0.15, -0.1) is 0 Å². The molecule has 0 radical (unpaired) electrons. The number of fused-ring (bicyclic) bond motifs is 3. The maximum Gasteiger partial charge on any atom is 0.408 e. The third kappa shape index (κ3) is 4.56. The molecule has 2 saturated heterocycles. The van der Waals surface area contributed by atoms with Crippen LogP contribution in [0.4, 0.5) is 29.3 Å². The highest BCUT2D eigenvalue weighted by Crippen LogP contribution is 2.37. The molecule has 5 rings (SSSR count). The average molecular weight is 498 g/mol. The molecule has 0 spiro atoms. The zero-order valence-electron chi connectivity index (χ0n) is 19.0. The lowest BCUT2D eigenvalue weighted by Crippen LogP contribution is -2.54. The Morgan fingerprint density at radius 2 is 1.91 bits per heavy atom. The minimum atomic E-state index is -4.62. The first-order valence-electron chi connectivity index (χ1n) is 11.5. The number of benzene rings is 1. The predicted molar refractivity (Wildman–Crippen MR) is 118 cm³/mol. The normalized spacial score (nSPS) is 24.9. The molecular weight excluding hydrogens is 472 g/mol. The van der Waals surface area contributed by atoms with Crippen molar-refractivity contribution in [1.82, 2.24) is 9.55 Å². The SMILES string of the molecule is COc1cc(F)ccc1C(O)CN1c2nc(N3CC4CCC(C3)O4)cc(=O)n2CC[C@H]1C(F)(F)F. The van der Waals surface area contributed by atoms with Gasteiger partial charge in [-0.3, -0.25) is 9.36 Å². The number of aliphatic hydroxyl groups is 1. The van der Waals surface area contributed by atoms with Crippen LogP contribution in [0.3, 0.4) is 0 Å². The van der Waals surface area contributed by atoms with Crippen LogP contribution in [-0.2, 0) is 11.3 Å². The lowest BCUT2D eigenvalue weighted by molar-refractivity contribution is -0.153. The van der Waals surface area contributed by atoms with E-state index in [9.17, 15) is 27.5 Å². The fourth-order valence-corrected chi connectivity index (χ4v) is 5.22. The fourth-order valence-electron chi connectivity index (χ4n) is 5.22. The molecule has 0 saturated carbocycles. The molecule has 12 heteroatoms. The van der Waals surface area contributed by atoms with Crippen molar-refractivity contribution in [3.8, 4) is 5.75 Å². The van der Waals surface area contributed by atoms with E-state index >= 15 is 0 Å². The summed E-state index contributed by atoms with van der Waals surface area (Å²) >= 11 is 0. The first-order chi connectivity index (χ1) is 16.6. The number of methoxy groups -OCH3 is 1. The van der Waals surface area contributed by atoms with Crippen molar-refractivity contribution in [2.45, 2.75) is 56.3 Å². The number of aromatic nitrogens is 2. The number of aliphatic hydroxyl groups excluding tert-OH is 1. The second-order valence-corrected chi connectivity index (χ2v) is 9.17. The van der Waals surface area contributed by atoms with Gasteiger partial charge in [0.05, 0.1) is 25.9 Å². The van der Waals surface area contributed by atoms with E-state index in [0.29, 0.717) is 18.9 Å². The Labute approximate surface area is 198 Å². The van der Waals surface area contributed by atoms with Gasteiger partial charge in [0, 0.05) is 37.3 Å². The molecule has 3 aliphatic rings. The van der Waals surface area contributed by atoms with Crippen molar-refractivity contribution < 1.29 is 32.1 Å². The second kappa shape index (κ2) is 8.98. The van der Waals surface area contributed by atoms with Gasteiger partial charge in [-0.2, -0.15) is 18.2 Å². The summed E-state index contributed by atoms with van der Waals surface area (Å²) in [6.07, 6.45) is -4.67. The Bertz CT molecular complexity index is 1150. The van der Waals surface area contributed by atoms with Crippen molar-refractivity contribution in [2.75, 3.05) is 36.5 Å². The van der Waals surface area contributed by atoms with Crippen molar-refractivity contribution >= 4 is 11.8 Å². The summed E-state index contributed by atoms with van der Waals surface area (Å²) in [5.41, 5.74) is -0.321. The number of alkyl halides is 3. The number of morpholine rings is 1. The van der Waals surface area contributed by atoms with Gasteiger partial charge in [0.1, 0.15) is 29.5 Å². The third-order valence-electron chi connectivity index (χ3n) is 6.90. The number of β-amino-alcohol motifs (C(OH)–C–C–N with tert-alkyl or cyclic N) is 1. The Hall–Kier alpha value is -2.86. The van der Waals surface area contributed by atoms with Crippen molar-refractivity contribution in [2.24, 2.45) is 0 Å². The number of hydrogen-bond donors (Lipinski definition) is 1. The highest BCUT2D eigenvalue weighted by molar-refractivity contribution is 5.48. The Balaban J connectivity index is 1.52. The van der Waals surface area contributed by atoms with Crippen LogP contribution in [0.5, 0.6) is 5.75 Å². The van der Waals surface area contributed by atoms with Crippen LogP contribution in [0.15, 0.2) is 29.1 Å². The number of anilines is 2. The quantitative estimate of drug-likeness (QED) is 0.635. The molecule has 1 aromatic carbocycles. The van der Waals surface area contributed by atoms with Crippen LogP contribution in [0, 0.1) is 5.82 Å². The zero-order valence-corrected chi connectivity index (χ0v) is 19.0. The summed E-state index contributed by atoms with van der Waals surface area (Å²) in [6.45, 7) is 0.345. The van der Waals surface area contributed by atoms with Crippen molar-refractivity contribution in [3.05, 3.63) is 46.0 Å². The van der Waals surface area contributed by atoms with Crippen molar-refractivity contribution in [3.63, 3.8) is 0 Å². The van der Waals surface area contributed by atoms with Gasteiger partial charge in [0.15, 0.2) is 0 Å². The number of ether oxygens (including phenoxy) is 2. The van der Waals surface area contributed by atoms with E-state index in [2.05, 4.69) is 4.98 Å². The Morgan fingerprint density at radius 1 is 1.20 bits per heavy atom. The van der Waals surface area contributed by atoms with Crippen LogP contribution >= 0.6 is 0 Å². The smallest absolute Gasteiger partial charge is 0.408 e. The molecule has 0 amide bonds. The van der Waals surface area contributed by atoms with E-state index < -0.39 is 36.2 Å². The van der Waals surface area contributed by atoms with E-state index in [1.54, 1.807) is 0 Å². The molecule has 3 aliphatic heterocycles. The lowest BCUT2D eigenvalue weighted by Gasteiger charge is -2.41. The van der Waals surface area contributed by atoms with Gasteiger partial charge in [-0.25, -0.2) is 4.39 Å². The highest BCUT2D eigenvalue weighted by Gasteiger charge is 2.47.